The molecule has 1 aromatic heterocycles. The van der Waals surface area contributed by atoms with Gasteiger partial charge in [-0.25, -0.2) is 4.98 Å². The van der Waals surface area contributed by atoms with Crippen molar-refractivity contribution in [3.63, 3.8) is 0 Å². The predicted octanol–water partition coefficient (Wildman–Crippen LogP) is 3.37. The van der Waals surface area contributed by atoms with Gasteiger partial charge in [0.05, 0.1) is 0 Å². The van der Waals surface area contributed by atoms with E-state index >= 15 is 0 Å². The SMILES string of the molecule is CCCCC[C@@H](c1ccnc(Br)c1)N1CCNCC1. The molecule has 0 bridgehead atoms. The van der Waals surface area contributed by atoms with Crippen molar-refractivity contribution in [3.8, 4) is 0 Å². The van der Waals surface area contributed by atoms with Crippen LogP contribution in [-0.4, -0.2) is 36.1 Å². The highest BCUT2D eigenvalue weighted by molar-refractivity contribution is 9.10. The van der Waals surface area contributed by atoms with Gasteiger partial charge in [0.25, 0.3) is 0 Å². The van der Waals surface area contributed by atoms with E-state index in [1.807, 2.05) is 6.20 Å². The Labute approximate surface area is 124 Å². The molecular weight excluding hydrogens is 302 g/mol. The van der Waals surface area contributed by atoms with Gasteiger partial charge in [0.15, 0.2) is 0 Å². The van der Waals surface area contributed by atoms with E-state index in [2.05, 4.69) is 50.2 Å². The number of nitrogens with zero attached hydrogens (tertiary/aromatic N) is 2. The Bertz CT molecular complexity index is 377. The van der Waals surface area contributed by atoms with Crippen LogP contribution < -0.4 is 5.32 Å². The molecule has 0 aliphatic carbocycles. The summed E-state index contributed by atoms with van der Waals surface area (Å²) in [6.45, 7) is 6.78. The van der Waals surface area contributed by atoms with E-state index < -0.39 is 0 Å². The van der Waals surface area contributed by atoms with Crippen LogP contribution in [0, 0.1) is 0 Å². The summed E-state index contributed by atoms with van der Waals surface area (Å²) in [6, 6.07) is 4.90. The molecule has 1 aliphatic rings. The minimum Gasteiger partial charge on any atom is -0.314 e. The average Bonchev–Trinajstić information content (AvgIpc) is 2.45. The maximum Gasteiger partial charge on any atom is 0.106 e. The fraction of sp³-hybridized carbons (Fsp3) is 0.667. The summed E-state index contributed by atoms with van der Waals surface area (Å²) in [7, 11) is 0. The summed E-state index contributed by atoms with van der Waals surface area (Å²) in [5, 5.41) is 3.44. The molecule has 4 heteroatoms. The lowest BCUT2D eigenvalue weighted by Gasteiger charge is -2.35. The van der Waals surface area contributed by atoms with Crippen molar-refractivity contribution < 1.29 is 0 Å². The lowest BCUT2D eigenvalue weighted by molar-refractivity contribution is 0.162. The Morgan fingerprint density at radius 3 is 2.84 bits per heavy atom. The zero-order valence-electron chi connectivity index (χ0n) is 11.7. The zero-order chi connectivity index (χ0) is 13.5. The number of hydrogen-bond acceptors (Lipinski definition) is 3. The molecule has 0 radical (unpaired) electrons. The fourth-order valence-electron chi connectivity index (χ4n) is 2.77. The van der Waals surface area contributed by atoms with Crippen LogP contribution in [0.1, 0.15) is 44.2 Å². The summed E-state index contributed by atoms with van der Waals surface area (Å²) in [4.78, 5) is 6.87. The van der Waals surface area contributed by atoms with Crippen molar-refractivity contribution in [2.45, 2.75) is 38.6 Å². The molecular formula is C15H24BrN3. The molecule has 1 aromatic rings. The molecule has 1 N–H and O–H groups in total. The van der Waals surface area contributed by atoms with Gasteiger partial charge in [-0.3, -0.25) is 4.90 Å². The van der Waals surface area contributed by atoms with Crippen LogP contribution in [0.3, 0.4) is 0 Å². The molecule has 2 heterocycles. The largest absolute Gasteiger partial charge is 0.314 e. The summed E-state index contributed by atoms with van der Waals surface area (Å²) < 4.78 is 0.945. The van der Waals surface area contributed by atoms with E-state index in [1.54, 1.807) is 0 Å². The second-order valence-corrected chi connectivity index (χ2v) is 6.02. The maximum absolute atomic E-state index is 4.25. The van der Waals surface area contributed by atoms with E-state index in [-0.39, 0.29) is 0 Å². The molecule has 1 aliphatic heterocycles. The average molecular weight is 326 g/mol. The van der Waals surface area contributed by atoms with Gasteiger partial charge in [0.1, 0.15) is 4.60 Å². The van der Waals surface area contributed by atoms with Crippen molar-refractivity contribution in [2.24, 2.45) is 0 Å². The highest BCUT2D eigenvalue weighted by Gasteiger charge is 2.21. The van der Waals surface area contributed by atoms with Crippen LogP contribution in [0.5, 0.6) is 0 Å². The molecule has 0 saturated carbocycles. The first-order chi connectivity index (χ1) is 9.31. The Balaban J connectivity index is 2.08. The first-order valence-electron chi connectivity index (χ1n) is 7.37. The number of halogens is 1. The monoisotopic (exact) mass is 325 g/mol. The summed E-state index contributed by atoms with van der Waals surface area (Å²) in [5.74, 6) is 0. The summed E-state index contributed by atoms with van der Waals surface area (Å²) >= 11 is 3.49. The molecule has 1 saturated heterocycles. The second-order valence-electron chi connectivity index (χ2n) is 5.21. The Hall–Kier alpha value is -0.450. The van der Waals surface area contributed by atoms with E-state index in [9.17, 15) is 0 Å². The third-order valence-corrected chi connectivity index (χ3v) is 4.24. The first kappa shape index (κ1) is 14.9. The van der Waals surface area contributed by atoms with Crippen molar-refractivity contribution >= 4 is 15.9 Å². The highest BCUT2D eigenvalue weighted by atomic mass is 79.9. The standard InChI is InChI=1S/C15H24BrN3/c1-2-3-4-5-14(19-10-8-17-9-11-19)13-6-7-18-15(16)12-13/h6-7,12,14,17H,2-5,8-11H2,1H3/t14-/m0/s1. The molecule has 2 rings (SSSR count). The molecule has 0 amide bonds. The van der Waals surface area contributed by atoms with Crippen LogP contribution in [-0.2, 0) is 0 Å². The summed E-state index contributed by atoms with van der Waals surface area (Å²) in [5.41, 5.74) is 1.40. The topological polar surface area (TPSA) is 28.2 Å². The Morgan fingerprint density at radius 2 is 2.16 bits per heavy atom. The number of hydrogen-bond donors (Lipinski definition) is 1. The van der Waals surface area contributed by atoms with E-state index in [1.165, 1.54) is 31.2 Å². The van der Waals surface area contributed by atoms with Gasteiger partial charge in [-0.15, -0.1) is 0 Å². The van der Waals surface area contributed by atoms with Crippen LogP contribution >= 0.6 is 15.9 Å². The van der Waals surface area contributed by atoms with Gasteiger partial charge in [0.2, 0.25) is 0 Å². The third kappa shape index (κ3) is 4.55. The number of nitrogens with one attached hydrogen (secondary N) is 1. The molecule has 1 atom stereocenters. The third-order valence-electron chi connectivity index (χ3n) is 3.81. The van der Waals surface area contributed by atoms with Crippen LogP contribution in [0.25, 0.3) is 0 Å². The minimum atomic E-state index is 0.549. The lowest BCUT2D eigenvalue weighted by atomic mass is 9.99. The van der Waals surface area contributed by atoms with Crippen molar-refractivity contribution in [3.05, 3.63) is 28.5 Å². The number of pyridine rings is 1. The molecule has 3 nitrogen and oxygen atoms in total. The van der Waals surface area contributed by atoms with E-state index in [0.29, 0.717) is 6.04 Å². The molecule has 0 unspecified atom stereocenters. The van der Waals surface area contributed by atoms with Crippen molar-refractivity contribution in [1.82, 2.24) is 15.2 Å². The maximum atomic E-state index is 4.25. The quantitative estimate of drug-likeness (QED) is 0.642. The van der Waals surface area contributed by atoms with Crippen LogP contribution in [0.15, 0.2) is 22.9 Å². The lowest BCUT2D eigenvalue weighted by Crippen LogP contribution is -2.45. The Kier molecular flexibility index (Phi) is 6.28. The normalized spacial score (nSPS) is 18.4. The van der Waals surface area contributed by atoms with Gasteiger partial charge in [-0.1, -0.05) is 26.2 Å². The molecule has 19 heavy (non-hydrogen) atoms. The smallest absolute Gasteiger partial charge is 0.106 e. The summed E-state index contributed by atoms with van der Waals surface area (Å²) in [6.07, 6.45) is 7.09. The zero-order valence-corrected chi connectivity index (χ0v) is 13.3. The van der Waals surface area contributed by atoms with Gasteiger partial charge >= 0.3 is 0 Å². The van der Waals surface area contributed by atoms with Gasteiger partial charge in [-0.05, 0) is 40.0 Å². The van der Waals surface area contributed by atoms with E-state index in [4.69, 9.17) is 0 Å². The Morgan fingerprint density at radius 1 is 1.37 bits per heavy atom. The van der Waals surface area contributed by atoms with Crippen molar-refractivity contribution in [1.29, 1.82) is 0 Å². The molecule has 0 aromatic carbocycles. The molecule has 1 fully saturated rings. The first-order valence-corrected chi connectivity index (χ1v) is 8.16. The molecule has 0 spiro atoms. The molecule has 106 valence electrons. The van der Waals surface area contributed by atoms with Crippen molar-refractivity contribution in [2.75, 3.05) is 26.2 Å². The predicted molar refractivity (Wildman–Crippen MR) is 83.3 cm³/mol. The van der Waals surface area contributed by atoms with Gasteiger partial charge < -0.3 is 5.32 Å². The van der Waals surface area contributed by atoms with Gasteiger partial charge in [0, 0.05) is 38.4 Å². The second kappa shape index (κ2) is 7.98. The number of rotatable bonds is 6. The fourth-order valence-corrected chi connectivity index (χ4v) is 3.15. The minimum absolute atomic E-state index is 0.549. The number of piperazine rings is 1. The highest BCUT2D eigenvalue weighted by Crippen LogP contribution is 2.28. The van der Waals surface area contributed by atoms with E-state index in [0.717, 1.165) is 30.8 Å². The van der Waals surface area contributed by atoms with Gasteiger partial charge in [-0.2, -0.15) is 0 Å². The number of aromatic nitrogens is 1. The number of unbranched alkanes of at least 4 members (excludes halogenated alkanes) is 2. The van der Waals surface area contributed by atoms with Crippen LogP contribution in [0.2, 0.25) is 0 Å². The van der Waals surface area contributed by atoms with Crippen LogP contribution in [0.4, 0.5) is 0 Å².